The lowest BCUT2D eigenvalue weighted by molar-refractivity contribution is -0.125. The number of hydrogen-bond donors (Lipinski definition) is 4. The normalized spacial score (nSPS) is 13.0. The lowest BCUT2D eigenvalue weighted by atomic mass is 10.1. The number of nitrogens with one attached hydrogen (secondary N) is 2. The minimum absolute atomic E-state index is 0.0403. The first-order valence-electron chi connectivity index (χ1n) is 7.44. The van der Waals surface area contributed by atoms with E-state index in [-0.39, 0.29) is 51.4 Å². The first-order valence-corrected chi connectivity index (χ1v) is 7.44. The molecule has 5 N–H and O–H groups in total. The van der Waals surface area contributed by atoms with Gasteiger partial charge < -0.3 is 35.8 Å². The van der Waals surface area contributed by atoms with Gasteiger partial charge in [-0.3, -0.25) is 9.59 Å². The van der Waals surface area contributed by atoms with E-state index < -0.39 is 18.0 Å². The van der Waals surface area contributed by atoms with Crippen LogP contribution in [0.5, 0.6) is 0 Å². The molecule has 0 bridgehead atoms. The number of nitrogens with two attached hydrogens (primary N) is 1. The Morgan fingerprint density at radius 1 is 1.09 bits per heavy atom. The summed E-state index contributed by atoms with van der Waals surface area (Å²) >= 11 is 0. The molecule has 0 spiro atoms. The predicted octanol–water partition coefficient (Wildman–Crippen LogP) is -2.12. The largest absolute Gasteiger partial charge is 0.394 e. The van der Waals surface area contributed by atoms with Gasteiger partial charge in [0.15, 0.2) is 0 Å². The Morgan fingerprint density at radius 3 is 2.39 bits per heavy atom. The molecular weight excluding hydrogens is 306 g/mol. The van der Waals surface area contributed by atoms with Gasteiger partial charge in [0.25, 0.3) is 0 Å². The van der Waals surface area contributed by atoms with Gasteiger partial charge in [0.1, 0.15) is 12.6 Å². The molecule has 0 rings (SSSR count). The van der Waals surface area contributed by atoms with Gasteiger partial charge in [-0.05, 0) is 12.8 Å². The number of rotatable bonds is 14. The van der Waals surface area contributed by atoms with Gasteiger partial charge in [-0.1, -0.05) is 0 Å². The number of aldehydes is 2. The van der Waals surface area contributed by atoms with Crippen LogP contribution >= 0.6 is 0 Å². The van der Waals surface area contributed by atoms with E-state index >= 15 is 0 Å². The third kappa shape index (κ3) is 12.4. The highest BCUT2D eigenvalue weighted by molar-refractivity contribution is 5.81. The SMILES string of the molecule is NC(C=O)CCC(=O)NC(C=O)CCC(=O)NCCOCCO. The molecular formula is C14H25N3O6. The Balaban J connectivity index is 3.87. The summed E-state index contributed by atoms with van der Waals surface area (Å²) in [7, 11) is 0. The Labute approximate surface area is 134 Å². The molecule has 0 heterocycles. The minimum Gasteiger partial charge on any atom is -0.394 e. The van der Waals surface area contributed by atoms with Gasteiger partial charge in [0, 0.05) is 19.4 Å². The maximum atomic E-state index is 11.6. The second kappa shape index (κ2) is 13.8. The summed E-state index contributed by atoms with van der Waals surface area (Å²) in [5, 5.41) is 13.6. The molecule has 2 amide bonds. The van der Waals surface area contributed by atoms with Crippen LogP contribution in [0.25, 0.3) is 0 Å². The number of aliphatic hydroxyl groups excluding tert-OH is 1. The fourth-order valence-corrected chi connectivity index (χ4v) is 1.62. The number of aliphatic hydroxyl groups is 1. The van der Waals surface area contributed by atoms with Crippen LogP contribution in [0.1, 0.15) is 25.7 Å². The third-order valence-corrected chi connectivity index (χ3v) is 2.88. The molecule has 0 aromatic heterocycles. The summed E-state index contributed by atoms with van der Waals surface area (Å²) in [5.41, 5.74) is 5.37. The smallest absolute Gasteiger partial charge is 0.220 e. The maximum absolute atomic E-state index is 11.6. The molecule has 0 aromatic carbocycles. The van der Waals surface area contributed by atoms with Crippen LogP contribution in [-0.2, 0) is 23.9 Å². The van der Waals surface area contributed by atoms with Crippen molar-refractivity contribution in [3.63, 3.8) is 0 Å². The Bertz CT molecular complexity index is 378. The van der Waals surface area contributed by atoms with E-state index in [4.69, 9.17) is 15.6 Å². The van der Waals surface area contributed by atoms with Crippen LogP contribution in [0.4, 0.5) is 0 Å². The van der Waals surface area contributed by atoms with E-state index in [1.54, 1.807) is 0 Å². The van der Waals surface area contributed by atoms with E-state index in [2.05, 4.69) is 10.6 Å². The van der Waals surface area contributed by atoms with Crippen LogP contribution in [0.2, 0.25) is 0 Å². The van der Waals surface area contributed by atoms with Crippen molar-refractivity contribution in [3.8, 4) is 0 Å². The van der Waals surface area contributed by atoms with Crippen LogP contribution in [-0.4, -0.2) is 67.9 Å². The summed E-state index contributed by atoms with van der Waals surface area (Å²) in [6.45, 7) is 0.729. The molecule has 0 radical (unpaired) electrons. The number of amides is 2. The van der Waals surface area contributed by atoms with Crippen molar-refractivity contribution in [1.29, 1.82) is 0 Å². The topological polar surface area (TPSA) is 148 Å². The summed E-state index contributed by atoms with van der Waals surface area (Å²) < 4.78 is 4.98. The summed E-state index contributed by atoms with van der Waals surface area (Å²) in [6, 6.07) is -1.46. The van der Waals surface area contributed by atoms with E-state index in [1.807, 2.05) is 0 Å². The number of ether oxygens (including phenoxy) is 1. The van der Waals surface area contributed by atoms with Crippen molar-refractivity contribution in [2.45, 2.75) is 37.8 Å². The zero-order chi connectivity index (χ0) is 17.5. The number of hydrogen-bond acceptors (Lipinski definition) is 7. The van der Waals surface area contributed by atoms with E-state index in [9.17, 15) is 19.2 Å². The third-order valence-electron chi connectivity index (χ3n) is 2.88. The molecule has 0 saturated heterocycles. The first-order chi connectivity index (χ1) is 11.0. The highest BCUT2D eigenvalue weighted by atomic mass is 16.5. The molecule has 2 atom stereocenters. The Hall–Kier alpha value is -1.84. The van der Waals surface area contributed by atoms with Gasteiger partial charge >= 0.3 is 0 Å². The fraction of sp³-hybridized carbons (Fsp3) is 0.714. The summed E-state index contributed by atoms with van der Waals surface area (Å²) in [4.78, 5) is 44.4. The predicted molar refractivity (Wildman–Crippen MR) is 81.4 cm³/mol. The van der Waals surface area contributed by atoms with Gasteiger partial charge in [-0.2, -0.15) is 0 Å². The van der Waals surface area contributed by atoms with Crippen molar-refractivity contribution in [2.75, 3.05) is 26.4 Å². The van der Waals surface area contributed by atoms with E-state index in [1.165, 1.54) is 0 Å². The maximum Gasteiger partial charge on any atom is 0.220 e. The molecule has 0 fully saturated rings. The summed E-state index contributed by atoms with van der Waals surface area (Å²) in [6.07, 6.45) is 1.62. The molecule has 0 saturated carbocycles. The number of carbonyl (C=O) groups is 4. The van der Waals surface area contributed by atoms with Gasteiger partial charge in [-0.25, -0.2) is 0 Å². The van der Waals surface area contributed by atoms with E-state index in [0.29, 0.717) is 19.1 Å². The zero-order valence-corrected chi connectivity index (χ0v) is 13.0. The molecule has 23 heavy (non-hydrogen) atoms. The minimum atomic E-state index is -0.758. The lowest BCUT2D eigenvalue weighted by Crippen LogP contribution is -2.38. The van der Waals surface area contributed by atoms with Crippen LogP contribution in [0, 0.1) is 0 Å². The lowest BCUT2D eigenvalue weighted by Gasteiger charge is -2.13. The molecule has 9 nitrogen and oxygen atoms in total. The average Bonchev–Trinajstić information content (AvgIpc) is 2.56. The van der Waals surface area contributed by atoms with Crippen LogP contribution in [0.3, 0.4) is 0 Å². The highest BCUT2D eigenvalue weighted by Crippen LogP contribution is 1.98. The Morgan fingerprint density at radius 2 is 1.78 bits per heavy atom. The van der Waals surface area contributed by atoms with Gasteiger partial charge in [-0.15, -0.1) is 0 Å². The zero-order valence-electron chi connectivity index (χ0n) is 13.0. The molecule has 2 unspecified atom stereocenters. The van der Waals surface area contributed by atoms with Crippen molar-refractivity contribution < 1.29 is 29.0 Å². The van der Waals surface area contributed by atoms with Gasteiger partial charge in [0.05, 0.1) is 31.9 Å². The molecule has 0 aliphatic rings. The number of carbonyl (C=O) groups excluding carboxylic acids is 4. The second-order valence-electron chi connectivity index (χ2n) is 4.87. The van der Waals surface area contributed by atoms with Gasteiger partial charge in [0.2, 0.25) is 11.8 Å². The fourth-order valence-electron chi connectivity index (χ4n) is 1.62. The second-order valence-corrected chi connectivity index (χ2v) is 4.87. The van der Waals surface area contributed by atoms with Crippen molar-refractivity contribution in [2.24, 2.45) is 5.73 Å². The monoisotopic (exact) mass is 331 g/mol. The standard InChI is InChI=1S/C14H25N3O6/c15-11(9-19)1-3-14(22)17-12(10-20)2-4-13(21)16-5-7-23-8-6-18/h9-12,18H,1-8,15H2,(H,16,21)(H,17,22). The molecule has 9 heteroatoms. The Kier molecular flexibility index (Phi) is 12.7. The summed E-state index contributed by atoms with van der Waals surface area (Å²) in [5.74, 6) is -0.654. The van der Waals surface area contributed by atoms with Crippen LogP contribution < -0.4 is 16.4 Å². The molecule has 0 aliphatic heterocycles. The highest BCUT2D eigenvalue weighted by Gasteiger charge is 2.14. The quantitative estimate of drug-likeness (QED) is 0.210. The van der Waals surface area contributed by atoms with Crippen molar-refractivity contribution in [1.82, 2.24) is 10.6 Å². The van der Waals surface area contributed by atoms with Crippen molar-refractivity contribution in [3.05, 3.63) is 0 Å². The average molecular weight is 331 g/mol. The van der Waals surface area contributed by atoms with Crippen molar-refractivity contribution >= 4 is 24.4 Å². The molecule has 0 aliphatic carbocycles. The molecule has 0 aromatic rings. The van der Waals surface area contributed by atoms with Crippen LogP contribution in [0.15, 0.2) is 0 Å². The molecule has 132 valence electrons. The first kappa shape index (κ1) is 21.2. The van der Waals surface area contributed by atoms with E-state index in [0.717, 1.165) is 0 Å².